The molecule has 0 heterocycles. The van der Waals surface area contributed by atoms with Gasteiger partial charge in [0.05, 0.1) is 13.2 Å². The zero-order chi connectivity index (χ0) is 16.6. The van der Waals surface area contributed by atoms with Crippen LogP contribution in [0, 0.1) is 0 Å². The zero-order valence-electron chi connectivity index (χ0n) is 14.9. The Morgan fingerprint density at radius 1 is 0.917 bits per heavy atom. The van der Waals surface area contributed by atoms with E-state index in [1.807, 2.05) is 12.1 Å². The van der Waals surface area contributed by atoms with Crippen molar-refractivity contribution in [2.24, 2.45) is 4.99 Å². The van der Waals surface area contributed by atoms with Crippen molar-refractivity contribution in [3.8, 4) is 5.75 Å². The van der Waals surface area contributed by atoms with Crippen LogP contribution in [0.3, 0.4) is 0 Å². The third-order valence-electron chi connectivity index (χ3n) is 5.19. The molecule has 0 bridgehead atoms. The molecular weight excluding hydrogens is 298 g/mol. The summed E-state index contributed by atoms with van der Waals surface area (Å²) in [5.41, 5.74) is 1.06. The molecule has 24 heavy (non-hydrogen) atoms. The topological polar surface area (TPSA) is 45.6 Å². The van der Waals surface area contributed by atoms with Crippen LogP contribution in [-0.4, -0.2) is 25.2 Å². The maximum absolute atomic E-state index is 5.24. The van der Waals surface area contributed by atoms with Gasteiger partial charge in [-0.3, -0.25) is 0 Å². The van der Waals surface area contributed by atoms with Gasteiger partial charge in [-0.1, -0.05) is 38.5 Å². The van der Waals surface area contributed by atoms with E-state index in [0.29, 0.717) is 12.1 Å². The van der Waals surface area contributed by atoms with E-state index in [1.54, 1.807) is 7.11 Å². The summed E-state index contributed by atoms with van der Waals surface area (Å²) >= 11 is 0. The number of benzene rings is 1. The van der Waals surface area contributed by atoms with Gasteiger partial charge < -0.3 is 15.4 Å². The first-order valence-electron chi connectivity index (χ1n) is 9.59. The first kappa shape index (κ1) is 17.1. The minimum atomic E-state index is 0.468. The molecule has 2 aliphatic rings. The Hall–Kier alpha value is -1.71. The summed E-state index contributed by atoms with van der Waals surface area (Å²) in [6, 6.07) is 9.11. The molecule has 0 spiro atoms. The number of ether oxygens (including phenoxy) is 1. The molecule has 3 rings (SSSR count). The molecule has 0 aromatic heterocycles. The van der Waals surface area contributed by atoms with Gasteiger partial charge in [-0.2, -0.15) is 0 Å². The average Bonchev–Trinajstić information content (AvgIpc) is 2.64. The average molecular weight is 329 g/mol. The molecule has 4 heteroatoms. The predicted octanol–water partition coefficient (Wildman–Crippen LogP) is 4.72. The summed E-state index contributed by atoms with van der Waals surface area (Å²) in [6.45, 7) is 0. The lowest BCUT2D eigenvalue weighted by Gasteiger charge is -2.27. The predicted molar refractivity (Wildman–Crippen MR) is 101 cm³/mol. The fraction of sp³-hybridized carbons (Fsp3) is 0.650. The monoisotopic (exact) mass is 329 g/mol. The van der Waals surface area contributed by atoms with E-state index in [9.17, 15) is 0 Å². The molecule has 2 N–H and O–H groups in total. The molecule has 132 valence electrons. The number of nitrogens with one attached hydrogen (secondary N) is 2. The highest BCUT2D eigenvalue weighted by molar-refractivity contribution is 5.94. The van der Waals surface area contributed by atoms with Crippen molar-refractivity contribution in [1.29, 1.82) is 0 Å². The first-order valence-corrected chi connectivity index (χ1v) is 9.59. The van der Waals surface area contributed by atoms with Gasteiger partial charge in [-0.15, -0.1) is 0 Å². The Balaban J connectivity index is 1.68. The third-order valence-corrected chi connectivity index (χ3v) is 5.19. The third kappa shape index (κ3) is 5.15. The number of guanidine groups is 1. The van der Waals surface area contributed by atoms with Crippen molar-refractivity contribution in [3.05, 3.63) is 24.3 Å². The van der Waals surface area contributed by atoms with Crippen LogP contribution in [0.2, 0.25) is 0 Å². The van der Waals surface area contributed by atoms with Crippen LogP contribution < -0.4 is 15.4 Å². The molecule has 2 fully saturated rings. The smallest absolute Gasteiger partial charge is 0.196 e. The lowest BCUT2D eigenvalue weighted by Crippen LogP contribution is -2.41. The minimum absolute atomic E-state index is 0.468. The van der Waals surface area contributed by atoms with Crippen LogP contribution >= 0.6 is 0 Å². The van der Waals surface area contributed by atoms with E-state index in [2.05, 4.69) is 22.8 Å². The second-order valence-corrected chi connectivity index (χ2v) is 7.10. The van der Waals surface area contributed by atoms with E-state index in [-0.39, 0.29) is 0 Å². The van der Waals surface area contributed by atoms with E-state index in [1.165, 1.54) is 64.2 Å². The van der Waals surface area contributed by atoms with Crippen molar-refractivity contribution in [1.82, 2.24) is 5.32 Å². The summed E-state index contributed by atoms with van der Waals surface area (Å²) in [4.78, 5) is 5.03. The van der Waals surface area contributed by atoms with Gasteiger partial charge in [0.25, 0.3) is 0 Å². The largest absolute Gasteiger partial charge is 0.497 e. The molecule has 1 aromatic carbocycles. The minimum Gasteiger partial charge on any atom is -0.497 e. The van der Waals surface area contributed by atoms with Crippen LogP contribution in [0.4, 0.5) is 5.69 Å². The number of anilines is 1. The van der Waals surface area contributed by atoms with Crippen molar-refractivity contribution >= 4 is 11.6 Å². The molecule has 0 radical (unpaired) electrons. The summed E-state index contributed by atoms with van der Waals surface area (Å²) < 4.78 is 5.24. The van der Waals surface area contributed by atoms with Gasteiger partial charge in [0.2, 0.25) is 0 Å². The van der Waals surface area contributed by atoms with E-state index < -0.39 is 0 Å². The Morgan fingerprint density at radius 3 is 2.17 bits per heavy atom. The normalized spacial score (nSPS) is 20.6. The maximum atomic E-state index is 5.24. The van der Waals surface area contributed by atoms with E-state index in [0.717, 1.165) is 17.4 Å². The molecule has 0 saturated heterocycles. The maximum Gasteiger partial charge on any atom is 0.196 e. The molecule has 0 atom stereocenters. The highest BCUT2D eigenvalue weighted by Gasteiger charge is 2.17. The summed E-state index contributed by atoms with van der Waals surface area (Å²) in [5.74, 6) is 1.84. The molecule has 2 saturated carbocycles. The second kappa shape index (κ2) is 8.95. The van der Waals surface area contributed by atoms with Gasteiger partial charge in [0, 0.05) is 11.7 Å². The number of rotatable bonds is 4. The number of nitrogens with zero attached hydrogens (tertiary/aromatic N) is 1. The van der Waals surface area contributed by atoms with Crippen molar-refractivity contribution < 1.29 is 4.74 Å². The number of hydrogen-bond acceptors (Lipinski definition) is 2. The molecule has 2 aliphatic carbocycles. The number of hydrogen-bond donors (Lipinski definition) is 2. The van der Waals surface area contributed by atoms with E-state index in [4.69, 9.17) is 9.73 Å². The quantitative estimate of drug-likeness (QED) is 0.621. The van der Waals surface area contributed by atoms with Gasteiger partial charge >= 0.3 is 0 Å². The lowest BCUT2D eigenvalue weighted by molar-refractivity contribution is 0.408. The summed E-state index contributed by atoms with van der Waals surface area (Å²) in [6.07, 6.45) is 13.0. The Labute approximate surface area is 146 Å². The standard InChI is InChI=1S/C20H31N3O/c1-24-19-14-12-18(13-15-19)23-20(21-16-8-4-2-5-9-16)22-17-10-6-3-7-11-17/h12-17H,2-11H2,1H3,(H2,21,22,23). The SMILES string of the molecule is COc1ccc(NC(=NC2CCCCC2)NC2CCCCC2)cc1. The molecule has 0 unspecified atom stereocenters. The molecule has 4 nitrogen and oxygen atoms in total. The highest BCUT2D eigenvalue weighted by atomic mass is 16.5. The fourth-order valence-corrected chi connectivity index (χ4v) is 3.75. The zero-order valence-corrected chi connectivity index (χ0v) is 14.9. The molecular formula is C20H31N3O. The van der Waals surface area contributed by atoms with Crippen LogP contribution in [0.5, 0.6) is 5.75 Å². The first-order chi connectivity index (χ1) is 11.8. The number of aliphatic imine (C=N–C) groups is 1. The Morgan fingerprint density at radius 2 is 1.54 bits per heavy atom. The molecule has 0 aliphatic heterocycles. The summed E-state index contributed by atoms with van der Waals surface area (Å²) in [7, 11) is 1.70. The fourth-order valence-electron chi connectivity index (χ4n) is 3.75. The van der Waals surface area contributed by atoms with Crippen molar-refractivity contribution in [2.45, 2.75) is 76.3 Å². The van der Waals surface area contributed by atoms with Gasteiger partial charge in [-0.25, -0.2) is 4.99 Å². The van der Waals surface area contributed by atoms with Crippen molar-refractivity contribution in [2.75, 3.05) is 12.4 Å². The molecule has 0 amide bonds. The van der Waals surface area contributed by atoms with Crippen LogP contribution in [0.25, 0.3) is 0 Å². The van der Waals surface area contributed by atoms with Gasteiger partial charge in [-0.05, 0) is 49.9 Å². The second-order valence-electron chi connectivity index (χ2n) is 7.10. The Bertz CT molecular complexity index is 514. The molecule has 1 aromatic rings. The van der Waals surface area contributed by atoms with Gasteiger partial charge in [0.1, 0.15) is 5.75 Å². The van der Waals surface area contributed by atoms with Crippen LogP contribution in [-0.2, 0) is 0 Å². The van der Waals surface area contributed by atoms with Crippen LogP contribution in [0.1, 0.15) is 64.2 Å². The van der Waals surface area contributed by atoms with Gasteiger partial charge in [0.15, 0.2) is 5.96 Å². The Kier molecular flexibility index (Phi) is 6.39. The van der Waals surface area contributed by atoms with Crippen molar-refractivity contribution in [3.63, 3.8) is 0 Å². The highest BCUT2D eigenvalue weighted by Crippen LogP contribution is 2.22. The van der Waals surface area contributed by atoms with E-state index >= 15 is 0 Å². The summed E-state index contributed by atoms with van der Waals surface area (Å²) in [5, 5.41) is 7.20. The number of methoxy groups -OCH3 is 1. The van der Waals surface area contributed by atoms with Crippen LogP contribution in [0.15, 0.2) is 29.3 Å². The lowest BCUT2D eigenvalue weighted by atomic mass is 9.95.